The molecule has 3 heteroatoms. The number of allylic oxidation sites excluding steroid dienone is 2. The van der Waals surface area contributed by atoms with Gasteiger partial charge in [0.15, 0.2) is 0 Å². The Labute approximate surface area is 97.5 Å². The maximum absolute atomic E-state index is 10.2. The van der Waals surface area contributed by atoms with Crippen molar-refractivity contribution in [2.45, 2.75) is 52.1 Å². The third-order valence-electron chi connectivity index (χ3n) is 2.58. The van der Waals surface area contributed by atoms with Gasteiger partial charge in [-0.3, -0.25) is 4.79 Å². The highest BCUT2D eigenvalue weighted by Crippen LogP contribution is 2.23. The topological polar surface area (TPSA) is 57.5 Å². The maximum Gasteiger partial charge on any atom is 0.132 e. The molecule has 0 heterocycles. The second-order valence-corrected chi connectivity index (χ2v) is 3.90. The Kier molecular flexibility index (Phi) is 6.74. The zero-order valence-corrected chi connectivity index (χ0v) is 10.4. The van der Waals surface area contributed by atoms with Gasteiger partial charge in [0.05, 0.1) is 11.4 Å². The van der Waals surface area contributed by atoms with E-state index in [1.165, 1.54) is 0 Å². The molecule has 0 saturated carbocycles. The lowest BCUT2D eigenvalue weighted by molar-refractivity contribution is -0.118. The summed E-state index contributed by atoms with van der Waals surface area (Å²) in [7, 11) is 0. The van der Waals surface area contributed by atoms with Crippen LogP contribution in [0.5, 0.6) is 0 Å². The summed E-state index contributed by atoms with van der Waals surface area (Å²) in [6, 6.07) is 0. The maximum atomic E-state index is 10.2. The number of Topliss-reactive ketones (excluding diaryl/α,β-unsaturated/α-hetero) is 1. The van der Waals surface area contributed by atoms with Crippen LogP contribution in [0.15, 0.2) is 24.0 Å². The molecule has 0 spiro atoms. The minimum Gasteiger partial charge on any atom is -0.512 e. The van der Waals surface area contributed by atoms with Crippen molar-refractivity contribution in [1.29, 1.82) is 0 Å². The summed E-state index contributed by atoms with van der Waals surface area (Å²) in [4.78, 5) is 10.2. The Bertz CT molecular complexity index is 273. The van der Waals surface area contributed by atoms with Crippen LogP contribution in [0.3, 0.4) is 0 Å². The number of ketones is 1. The molecule has 2 N–H and O–H groups in total. The fourth-order valence-electron chi connectivity index (χ4n) is 1.26. The summed E-state index contributed by atoms with van der Waals surface area (Å²) in [5.41, 5.74) is -0.807. The summed E-state index contributed by atoms with van der Waals surface area (Å²) in [5.74, 6) is 0.599. The van der Waals surface area contributed by atoms with Gasteiger partial charge >= 0.3 is 0 Å². The van der Waals surface area contributed by atoms with Crippen molar-refractivity contribution in [3.05, 3.63) is 24.0 Å². The number of rotatable bonds is 3. The molecule has 0 amide bonds. The first-order valence-electron chi connectivity index (χ1n) is 5.78. The van der Waals surface area contributed by atoms with E-state index in [1.54, 1.807) is 18.2 Å². The average molecular weight is 226 g/mol. The molecule has 1 rings (SSSR count). The van der Waals surface area contributed by atoms with E-state index >= 15 is 0 Å². The van der Waals surface area contributed by atoms with Gasteiger partial charge in [0.1, 0.15) is 5.78 Å². The fraction of sp³-hybridized carbons (Fsp3) is 0.615. The predicted octanol–water partition coefficient (Wildman–Crippen LogP) is 2.90. The van der Waals surface area contributed by atoms with Crippen molar-refractivity contribution in [1.82, 2.24) is 0 Å². The van der Waals surface area contributed by atoms with Gasteiger partial charge in [0, 0.05) is 19.3 Å². The largest absolute Gasteiger partial charge is 0.512 e. The van der Waals surface area contributed by atoms with Gasteiger partial charge in [0.25, 0.3) is 0 Å². The summed E-state index contributed by atoms with van der Waals surface area (Å²) >= 11 is 0. The normalized spacial score (nSPS) is 23.1. The third kappa shape index (κ3) is 5.71. The molecule has 0 aromatic rings. The van der Waals surface area contributed by atoms with Gasteiger partial charge in [-0.1, -0.05) is 32.9 Å². The van der Waals surface area contributed by atoms with Gasteiger partial charge < -0.3 is 10.2 Å². The zero-order valence-electron chi connectivity index (χ0n) is 10.4. The van der Waals surface area contributed by atoms with Gasteiger partial charge in [-0.25, -0.2) is 0 Å². The monoisotopic (exact) mass is 226 g/mol. The van der Waals surface area contributed by atoms with Crippen molar-refractivity contribution in [2.24, 2.45) is 0 Å². The van der Waals surface area contributed by atoms with E-state index in [4.69, 9.17) is 5.11 Å². The van der Waals surface area contributed by atoms with E-state index in [0.717, 1.165) is 0 Å². The summed E-state index contributed by atoms with van der Waals surface area (Å²) in [6.07, 6.45) is 7.37. The van der Waals surface area contributed by atoms with E-state index in [9.17, 15) is 9.90 Å². The fourth-order valence-corrected chi connectivity index (χ4v) is 1.26. The zero-order chi connectivity index (χ0) is 12.6. The number of carbonyl (C=O) groups is 1. The quantitative estimate of drug-likeness (QED) is 0.778. The van der Waals surface area contributed by atoms with Crippen molar-refractivity contribution < 1.29 is 15.0 Å². The van der Waals surface area contributed by atoms with E-state index in [2.05, 4.69) is 0 Å². The lowest BCUT2D eigenvalue weighted by Crippen LogP contribution is -2.26. The van der Waals surface area contributed by atoms with Crippen molar-refractivity contribution in [3.63, 3.8) is 0 Å². The van der Waals surface area contributed by atoms with Crippen molar-refractivity contribution >= 4 is 5.78 Å². The average Bonchev–Trinajstić information content (AvgIpc) is 2.28. The Morgan fingerprint density at radius 3 is 2.19 bits per heavy atom. The first kappa shape index (κ1) is 14.9. The standard InChI is InChI=1S/C8H12O2.C5H10O/c1-2-8(10)5-3-4-7(9)6-8;1-3-5(6)4-2/h3-5,9-10H,2,6H2,1H3;3-4H2,1-2H3. The minimum absolute atomic E-state index is 0.256. The number of hydrogen-bond donors (Lipinski definition) is 2. The van der Waals surface area contributed by atoms with Crippen LogP contribution in [0.1, 0.15) is 46.5 Å². The smallest absolute Gasteiger partial charge is 0.132 e. The van der Waals surface area contributed by atoms with Crippen LogP contribution >= 0.6 is 0 Å². The van der Waals surface area contributed by atoms with E-state index in [0.29, 0.717) is 31.5 Å². The van der Waals surface area contributed by atoms with Gasteiger partial charge in [-0.2, -0.15) is 0 Å². The first-order valence-corrected chi connectivity index (χ1v) is 5.78. The minimum atomic E-state index is -0.807. The summed E-state index contributed by atoms with van der Waals surface area (Å²) < 4.78 is 0. The summed E-state index contributed by atoms with van der Waals surface area (Å²) in [5, 5.41) is 18.6. The van der Waals surface area contributed by atoms with Crippen LogP contribution in [0, 0.1) is 0 Å². The molecule has 92 valence electrons. The highest BCUT2D eigenvalue weighted by Gasteiger charge is 2.24. The molecule has 0 fully saturated rings. The second kappa shape index (κ2) is 7.23. The Hall–Kier alpha value is -1.09. The predicted molar refractivity (Wildman–Crippen MR) is 65.3 cm³/mol. The molecule has 1 atom stereocenters. The van der Waals surface area contributed by atoms with Gasteiger partial charge in [0.2, 0.25) is 0 Å². The van der Waals surface area contributed by atoms with Gasteiger partial charge in [-0.15, -0.1) is 0 Å². The molecular weight excluding hydrogens is 204 g/mol. The number of hydrogen-bond acceptors (Lipinski definition) is 3. The molecule has 0 radical (unpaired) electrons. The Morgan fingerprint density at radius 2 is 1.94 bits per heavy atom. The van der Waals surface area contributed by atoms with E-state index in [1.807, 2.05) is 20.8 Å². The number of aliphatic hydroxyl groups excluding tert-OH is 1. The number of aliphatic hydroxyl groups is 2. The molecule has 0 saturated heterocycles. The molecule has 1 aliphatic carbocycles. The summed E-state index contributed by atoms with van der Waals surface area (Å²) in [6.45, 7) is 5.65. The molecule has 0 bridgehead atoms. The lowest BCUT2D eigenvalue weighted by atomic mass is 9.92. The van der Waals surface area contributed by atoms with Crippen LogP contribution in [-0.4, -0.2) is 21.6 Å². The van der Waals surface area contributed by atoms with Crippen LogP contribution in [0.25, 0.3) is 0 Å². The van der Waals surface area contributed by atoms with Crippen LogP contribution in [-0.2, 0) is 4.79 Å². The lowest BCUT2D eigenvalue weighted by Gasteiger charge is -2.24. The molecule has 16 heavy (non-hydrogen) atoms. The van der Waals surface area contributed by atoms with E-state index < -0.39 is 5.60 Å². The first-order chi connectivity index (χ1) is 7.47. The second-order valence-electron chi connectivity index (χ2n) is 3.90. The SMILES string of the molecule is CCC(=O)CC.CCC1(O)C=CC=C(O)C1. The van der Waals surface area contributed by atoms with Crippen LogP contribution in [0.2, 0.25) is 0 Å². The highest BCUT2D eigenvalue weighted by atomic mass is 16.3. The van der Waals surface area contributed by atoms with Crippen LogP contribution < -0.4 is 0 Å². The molecule has 1 unspecified atom stereocenters. The number of carbonyl (C=O) groups excluding carboxylic acids is 1. The molecular formula is C13H22O3. The van der Waals surface area contributed by atoms with Crippen molar-refractivity contribution in [2.75, 3.05) is 0 Å². The Morgan fingerprint density at radius 1 is 1.38 bits per heavy atom. The van der Waals surface area contributed by atoms with E-state index in [-0.39, 0.29) is 5.76 Å². The molecule has 0 aliphatic heterocycles. The third-order valence-corrected chi connectivity index (χ3v) is 2.58. The molecule has 0 aromatic carbocycles. The molecule has 1 aliphatic rings. The highest BCUT2D eigenvalue weighted by molar-refractivity contribution is 5.77. The Balaban J connectivity index is 0.000000325. The van der Waals surface area contributed by atoms with Crippen LogP contribution in [0.4, 0.5) is 0 Å². The molecule has 3 nitrogen and oxygen atoms in total. The van der Waals surface area contributed by atoms with Gasteiger partial charge in [-0.05, 0) is 12.5 Å². The van der Waals surface area contributed by atoms with Crippen molar-refractivity contribution in [3.8, 4) is 0 Å². The molecule has 0 aromatic heterocycles.